The van der Waals surface area contributed by atoms with Crippen LogP contribution in [-0.2, 0) is 9.53 Å². The number of morpholine rings is 1. The minimum absolute atomic E-state index is 0.193. The maximum absolute atomic E-state index is 10.4. The van der Waals surface area contributed by atoms with Gasteiger partial charge in [0, 0.05) is 19.5 Å². The summed E-state index contributed by atoms with van der Waals surface area (Å²) < 4.78 is 5.23. The Kier molecular flexibility index (Phi) is 4.78. The van der Waals surface area contributed by atoms with E-state index in [1.807, 2.05) is 0 Å². The number of nitrogens with zero attached hydrogens (tertiary/aromatic N) is 1. The highest BCUT2D eigenvalue weighted by atomic mass is 16.5. The van der Waals surface area contributed by atoms with Crippen LogP contribution in [0.4, 0.5) is 0 Å². The second-order valence-electron chi connectivity index (χ2n) is 3.38. The van der Waals surface area contributed by atoms with Crippen LogP contribution >= 0.6 is 0 Å². The van der Waals surface area contributed by atoms with Gasteiger partial charge in [-0.05, 0) is 19.4 Å². The van der Waals surface area contributed by atoms with Crippen molar-refractivity contribution in [3.05, 3.63) is 0 Å². The molecule has 4 heteroatoms. The van der Waals surface area contributed by atoms with Crippen LogP contribution in [0.5, 0.6) is 0 Å². The molecule has 1 aliphatic rings. The summed E-state index contributed by atoms with van der Waals surface area (Å²) in [6, 6.07) is 0. The fraction of sp³-hybridized carbons (Fsp3) is 0.889. The molecular weight excluding hydrogens is 168 g/mol. The number of ether oxygens (including phenoxy) is 1. The number of hydrogen-bond acceptors (Lipinski definition) is 3. The highest BCUT2D eigenvalue weighted by Crippen LogP contribution is 2.01. The molecule has 1 aliphatic heterocycles. The number of rotatable bonds is 5. The van der Waals surface area contributed by atoms with Crippen LogP contribution in [0, 0.1) is 0 Å². The molecule has 1 saturated heterocycles. The van der Waals surface area contributed by atoms with Crippen molar-refractivity contribution in [2.24, 2.45) is 5.73 Å². The molecule has 0 aromatic carbocycles. The minimum Gasteiger partial charge on any atom is -0.379 e. The van der Waals surface area contributed by atoms with Crippen molar-refractivity contribution < 1.29 is 9.53 Å². The van der Waals surface area contributed by atoms with Crippen LogP contribution in [-0.4, -0.2) is 43.7 Å². The molecule has 76 valence electrons. The van der Waals surface area contributed by atoms with Gasteiger partial charge < -0.3 is 10.5 Å². The molecule has 1 amide bonds. The zero-order chi connectivity index (χ0) is 9.52. The van der Waals surface area contributed by atoms with Crippen molar-refractivity contribution in [3.8, 4) is 0 Å². The molecule has 0 aromatic rings. The SMILES string of the molecule is NC(=O)CCCCN1CCOCC1. The molecule has 1 heterocycles. The summed E-state index contributed by atoms with van der Waals surface area (Å²) in [7, 11) is 0. The number of hydrogen-bond donors (Lipinski definition) is 1. The quantitative estimate of drug-likeness (QED) is 0.614. The summed E-state index contributed by atoms with van der Waals surface area (Å²) in [5.41, 5.74) is 5.04. The van der Waals surface area contributed by atoms with Crippen molar-refractivity contribution >= 4 is 5.91 Å². The van der Waals surface area contributed by atoms with Gasteiger partial charge in [-0.1, -0.05) is 0 Å². The second-order valence-corrected chi connectivity index (χ2v) is 3.38. The van der Waals surface area contributed by atoms with Crippen molar-refractivity contribution in [1.82, 2.24) is 4.90 Å². The Morgan fingerprint density at radius 1 is 1.31 bits per heavy atom. The third-order valence-electron chi connectivity index (χ3n) is 2.25. The maximum Gasteiger partial charge on any atom is 0.217 e. The van der Waals surface area contributed by atoms with Crippen LogP contribution in [0.3, 0.4) is 0 Å². The second kappa shape index (κ2) is 5.94. The third kappa shape index (κ3) is 4.85. The van der Waals surface area contributed by atoms with E-state index in [-0.39, 0.29) is 5.91 Å². The molecule has 0 bridgehead atoms. The van der Waals surface area contributed by atoms with Crippen LogP contribution in [0.25, 0.3) is 0 Å². The summed E-state index contributed by atoms with van der Waals surface area (Å²) in [5.74, 6) is -0.193. The molecular formula is C9H18N2O2. The molecule has 0 radical (unpaired) electrons. The van der Waals surface area contributed by atoms with E-state index in [9.17, 15) is 4.79 Å². The number of amides is 1. The highest BCUT2D eigenvalue weighted by molar-refractivity contribution is 5.73. The first-order chi connectivity index (χ1) is 6.29. The van der Waals surface area contributed by atoms with E-state index in [0.29, 0.717) is 6.42 Å². The van der Waals surface area contributed by atoms with Gasteiger partial charge >= 0.3 is 0 Å². The Morgan fingerprint density at radius 3 is 2.62 bits per heavy atom. The Labute approximate surface area is 79.0 Å². The fourth-order valence-corrected chi connectivity index (χ4v) is 1.46. The lowest BCUT2D eigenvalue weighted by Crippen LogP contribution is -2.36. The van der Waals surface area contributed by atoms with Gasteiger partial charge in [-0.3, -0.25) is 9.69 Å². The molecule has 1 rings (SSSR count). The van der Waals surface area contributed by atoms with Crippen LogP contribution in [0.15, 0.2) is 0 Å². The highest BCUT2D eigenvalue weighted by Gasteiger charge is 2.08. The minimum atomic E-state index is -0.193. The fourth-order valence-electron chi connectivity index (χ4n) is 1.46. The van der Waals surface area contributed by atoms with Crippen molar-refractivity contribution in [2.45, 2.75) is 19.3 Å². The Bertz CT molecular complexity index is 156. The van der Waals surface area contributed by atoms with E-state index in [4.69, 9.17) is 10.5 Å². The predicted molar refractivity (Wildman–Crippen MR) is 50.3 cm³/mol. The van der Waals surface area contributed by atoms with E-state index in [2.05, 4.69) is 4.90 Å². The Hall–Kier alpha value is -0.610. The van der Waals surface area contributed by atoms with E-state index < -0.39 is 0 Å². The van der Waals surface area contributed by atoms with E-state index in [0.717, 1.165) is 45.7 Å². The monoisotopic (exact) mass is 186 g/mol. The molecule has 0 atom stereocenters. The summed E-state index contributed by atoms with van der Waals surface area (Å²) >= 11 is 0. The maximum atomic E-state index is 10.4. The number of carbonyl (C=O) groups excluding carboxylic acids is 1. The van der Waals surface area contributed by atoms with Crippen LogP contribution in [0.1, 0.15) is 19.3 Å². The first kappa shape index (κ1) is 10.5. The van der Waals surface area contributed by atoms with Crippen LogP contribution in [0.2, 0.25) is 0 Å². The smallest absolute Gasteiger partial charge is 0.217 e. The molecule has 0 spiro atoms. The predicted octanol–water partition coefficient (Wildman–Crippen LogP) is -0.0258. The molecule has 0 saturated carbocycles. The van der Waals surface area contributed by atoms with Crippen molar-refractivity contribution in [1.29, 1.82) is 0 Å². The van der Waals surface area contributed by atoms with Gasteiger partial charge in [0.05, 0.1) is 13.2 Å². The first-order valence-electron chi connectivity index (χ1n) is 4.87. The Balaban J connectivity index is 1.95. The largest absolute Gasteiger partial charge is 0.379 e. The summed E-state index contributed by atoms with van der Waals surface area (Å²) in [5, 5.41) is 0. The average molecular weight is 186 g/mol. The summed E-state index contributed by atoms with van der Waals surface area (Å²) in [6.07, 6.45) is 2.49. The van der Waals surface area contributed by atoms with Crippen molar-refractivity contribution in [2.75, 3.05) is 32.8 Å². The van der Waals surface area contributed by atoms with Gasteiger partial charge in [-0.25, -0.2) is 0 Å². The van der Waals surface area contributed by atoms with Crippen molar-refractivity contribution in [3.63, 3.8) is 0 Å². The molecule has 1 fully saturated rings. The molecule has 0 aromatic heterocycles. The number of nitrogens with two attached hydrogens (primary N) is 1. The summed E-state index contributed by atoms with van der Waals surface area (Å²) in [6.45, 7) is 4.80. The zero-order valence-electron chi connectivity index (χ0n) is 8.00. The van der Waals surface area contributed by atoms with Gasteiger partial charge in [-0.2, -0.15) is 0 Å². The molecule has 2 N–H and O–H groups in total. The number of carbonyl (C=O) groups is 1. The first-order valence-corrected chi connectivity index (χ1v) is 4.87. The standard InChI is InChI=1S/C9H18N2O2/c10-9(12)3-1-2-4-11-5-7-13-8-6-11/h1-8H2,(H2,10,12). The van der Waals surface area contributed by atoms with E-state index in [1.54, 1.807) is 0 Å². The molecule has 0 aliphatic carbocycles. The number of unbranched alkanes of at least 4 members (excludes halogenated alkanes) is 1. The third-order valence-corrected chi connectivity index (χ3v) is 2.25. The van der Waals surface area contributed by atoms with E-state index in [1.165, 1.54) is 0 Å². The lowest BCUT2D eigenvalue weighted by atomic mass is 10.2. The van der Waals surface area contributed by atoms with Gasteiger partial charge in [0.25, 0.3) is 0 Å². The topological polar surface area (TPSA) is 55.6 Å². The normalized spacial score (nSPS) is 18.8. The molecule has 4 nitrogen and oxygen atoms in total. The molecule has 13 heavy (non-hydrogen) atoms. The zero-order valence-corrected chi connectivity index (χ0v) is 8.00. The van der Waals surface area contributed by atoms with Gasteiger partial charge in [0.2, 0.25) is 5.91 Å². The van der Waals surface area contributed by atoms with Gasteiger partial charge in [0.15, 0.2) is 0 Å². The average Bonchev–Trinajstić information content (AvgIpc) is 2.14. The lowest BCUT2D eigenvalue weighted by Gasteiger charge is -2.26. The van der Waals surface area contributed by atoms with Crippen LogP contribution < -0.4 is 5.73 Å². The molecule has 0 unspecified atom stereocenters. The van der Waals surface area contributed by atoms with Gasteiger partial charge in [-0.15, -0.1) is 0 Å². The number of primary amides is 1. The van der Waals surface area contributed by atoms with Gasteiger partial charge in [0.1, 0.15) is 0 Å². The lowest BCUT2D eigenvalue weighted by molar-refractivity contribution is -0.118. The van der Waals surface area contributed by atoms with E-state index >= 15 is 0 Å². The Morgan fingerprint density at radius 2 is 2.00 bits per heavy atom. The summed E-state index contributed by atoms with van der Waals surface area (Å²) in [4.78, 5) is 12.8.